The van der Waals surface area contributed by atoms with Gasteiger partial charge in [-0.3, -0.25) is 4.79 Å². The van der Waals surface area contributed by atoms with Gasteiger partial charge in [0.25, 0.3) is 0 Å². The molecule has 0 spiro atoms. The molecular formula is C63H112O14. The van der Waals surface area contributed by atoms with Crippen LogP contribution < -0.4 is 0 Å². The van der Waals surface area contributed by atoms with Crippen molar-refractivity contribution in [3.63, 3.8) is 0 Å². The highest BCUT2D eigenvalue weighted by atomic mass is 16.7. The summed E-state index contributed by atoms with van der Waals surface area (Å²) in [6.07, 6.45) is 45.8. The van der Waals surface area contributed by atoms with Crippen LogP contribution in [0.3, 0.4) is 0 Å². The highest BCUT2D eigenvalue weighted by molar-refractivity contribution is 5.69. The van der Waals surface area contributed by atoms with Crippen LogP contribution in [0.15, 0.2) is 60.8 Å². The summed E-state index contributed by atoms with van der Waals surface area (Å²) < 4.78 is 34.4. The molecule has 14 heteroatoms. The third-order valence-electron chi connectivity index (χ3n) is 14.5. The maximum atomic E-state index is 13.1. The molecule has 0 aromatic carbocycles. The van der Waals surface area contributed by atoms with Crippen molar-refractivity contribution in [2.75, 3.05) is 33.0 Å². The van der Waals surface area contributed by atoms with Crippen LogP contribution in [0.5, 0.6) is 0 Å². The lowest BCUT2D eigenvalue weighted by Crippen LogP contribution is -2.61. The molecule has 2 aliphatic heterocycles. The molecule has 0 aromatic heterocycles. The van der Waals surface area contributed by atoms with Crippen molar-refractivity contribution >= 4 is 5.97 Å². The van der Waals surface area contributed by atoms with Gasteiger partial charge in [0, 0.05) is 13.0 Å². The zero-order valence-corrected chi connectivity index (χ0v) is 48.2. The second-order valence-electron chi connectivity index (χ2n) is 21.5. The van der Waals surface area contributed by atoms with Crippen molar-refractivity contribution in [2.45, 2.75) is 300 Å². The summed E-state index contributed by atoms with van der Waals surface area (Å²) in [4.78, 5) is 13.1. The number of rotatable bonds is 50. The molecule has 0 amide bonds. The Bertz CT molecular complexity index is 1500. The quantitative estimate of drug-likeness (QED) is 0.0172. The van der Waals surface area contributed by atoms with Crippen LogP contribution in [0.1, 0.15) is 232 Å². The van der Waals surface area contributed by atoms with Gasteiger partial charge in [-0.25, -0.2) is 0 Å². The number of allylic oxidation sites excluding steroid dienone is 10. The van der Waals surface area contributed by atoms with E-state index in [0.717, 1.165) is 70.6 Å². The average Bonchev–Trinajstić information content (AvgIpc) is 3.43. The molecule has 2 saturated heterocycles. The second kappa shape index (κ2) is 49.5. The van der Waals surface area contributed by atoms with Crippen molar-refractivity contribution in [3.05, 3.63) is 60.8 Å². The number of ether oxygens (including phenoxy) is 6. The monoisotopic (exact) mass is 1090 g/mol. The van der Waals surface area contributed by atoms with E-state index in [0.29, 0.717) is 13.0 Å². The average molecular weight is 1090 g/mol. The molecule has 11 unspecified atom stereocenters. The SMILES string of the molecule is CC/C=C\C/C=C\C/C=C\C/C=C\C/C=C\CCCCCC(=O)OC(COCCCCCCCCCCCCCCCCCCCCCCCCCC)COC1OC(COC2OC(CO)C(O)C(O)C2O)C(O)C(O)C1O. The van der Waals surface area contributed by atoms with Crippen LogP contribution in [-0.2, 0) is 33.2 Å². The Morgan fingerprint density at radius 1 is 0.442 bits per heavy atom. The van der Waals surface area contributed by atoms with Crippen molar-refractivity contribution in [1.82, 2.24) is 0 Å². The Morgan fingerprint density at radius 3 is 1.31 bits per heavy atom. The van der Waals surface area contributed by atoms with Gasteiger partial charge in [-0.15, -0.1) is 0 Å². The first-order valence-electron chi connectivity index (χ1n) is 30.9. The fraction of sp³-hybridized carbons (Fsp3) is 0.825. The fourth-order valence-corrected chi connectivity index (χ4v) is 9.61. The van der Waals surface area contributed by atoms with Crippen LogP contribution >= 0.6 is 0 Å². The van der Waals surface area contributed by atoms with Crippen LogP contribution in [-0.4, -0.2) is 142 Å². The Kier molecular flexibility index (Phi) is 45.5. The molecule has 0 bridgehead atoms. The molecule has 0 aromatic rings. The molecule has 11 atom stereocenters. The molecule has 2 rings (SSSR count). The van der Waals surface area contributed by atoms with Crippen LogP contribution in [0.4, 0.5) is 0 Å². The first-order chi connectivity index (χ1) is 37.6. The van der Waals surface area contributed by atoms with Gasteiger partial charge in [-0.1, -0.05) is 229 Å². The third-order valence-corrected chi connectivity index (χ3v) is 14.5. The lowest BCUT2D eigenvalue weighted by atomic mass is 9.98. The normalized spacial score (nSPS) is 24.7. The minimum absolute atomic E-state index is 0.0484. The number of unbranched alkanes of at least 4 members (excludes halogenated alkanes) is 26. The van der Waals surface area contributed by atoms with Gasteiger partial charge in [-0.05, 0) is 57.8 Å². The van der Waals surface area contributed by atoms with Crippen LogP contribution in [0.25, 0.3) is 0 Å². The van der Waals surface area contributed by atoms with Crippen molar-refractivity contribution in [1.29, 1.82) is 0 Å². The summed E-state index contributed by atoms with van der Waals surface area (Å²) in [7, 11) is 0. The highest BCUT2D eigenvalue weighted by Gasteiger charge is 2.47. The second-order valence-corrected chi connectivity index (χ2v) is 21.5. The lowest BCUT2D eigenvalue weighted by Gasteiger charge is -2.42. The standard InChI is InChI=1S/C63H112O14/c1-3-5-7-9-11-13-15-17-19-21-23-24-25-26-27-29-31-33-35-37-39-41-43-45-47-72-49-52(75-55(65)46-44-42-40-38-36-34-32-30-28-22-20-18-16-14-12-10-8-6-4-2)50-73-62-61(71)59(69)57(67)54(77-62)51-74-63-60(70)58(68)56(66)53(48-64)76-63/h6,8,12,14,18,20,28,30,34,36,52-54,56-64,66-71H,3-5,7,9-11,13,15-17,19,21-27,29,31-33,35,37-51H2,1-2H3/b8-6-,14-12-,20-18-,30-28-,36-34-. The van der Waals surface area contributed by atoms with Crippen LogP contribution in [0, 0.1) is 0 Å². The number of aliphatic hydroxyl groups is 7. The minimum Gasteiger partial charge on any atom is -0.457 e. The molecule has 0 radical (unpaired) electrons. The zero-order chi connectivity index (χ0) is 55.8. The van der Waals surface area contributed by atoms with E-state index in [1.807, 2.05) is 0 Å². The Labute approximate surface area is 466 Å². The molecule has 2 fully saturated rings. The maximum absolute atomic E-state index is 13.1. The lowest BCUT2D eigenvalue weighted by molar-refractivity contribution is -0.332. The summed E-state index contributed by atoms with van der Waals surface area (Å²) in [6, 6.07) is 0. The van der Waals surface area contributed by atoms with Gasteiger partial charge in [0.1, 0.15) is 54.9 Å². The highest BCUT2D eigenvalue weighted by Crippen LogP contribution is 2.27. The van der Waals surface area contributed by atoms with E-state index >= 15 is 0 Å². The van der Waals surface area contributed by atoms with Gasteiger partial charge in [0.15, 0.2) is 12.6 Å². The van der Waals surface area contributed by atoms with E-state index in [9.17, 15) is 40.5 Å². The van der Waals surface area contributed by atoms with Gasteiger partial charge in [0.2, 0.25) is 0 Å². The number of carbonyl (C=O) groups is 1. The molecule has 448 valence electrons. The summed E-state index contributed by atoms with van der Waals surface area (Å²) in [6.45, 7) is 3.57. The predicted molar refractivity (Wildman–Crippen MR) is 307 cm³/mol. The summed E-state index contributed by atoms with van der Waals surface area (Å²) in [5.41, 5.74) is 0. The predicted octanol–water partition coefficient (Wildman–Crippen LogP) is 11.6. The topological polar surface area (TPSA) is 214 Å². The zero-order valence-electron chi connectivity index (χ0n) is 48.2. The Morgan fingerprint density at radius 2 is 0.844 bits per heavy atom. The Balaban J connectivity index is 1.69. The minimum atomic E-state index is -1.72. The number of esters is 1. The van der Waals surface area contributed by atoms with Gasteiger partial charge < -0.3 is 64.2 Å². The van der Waals surface area contributed by atoms with Crippen molar-refractivity contribution < 1.29 is 69.0 Å². The Hall–Kier alpha value is -2.31. The molecule has 2 aliphatic rings. The molecule has 0 saturated carbocycles. The molecule has 0 aliphatic carbocycles. The van der Waals surface area contributed by atoms with Gasteiger partial charge in [-0.2, -0.15) is 0 Å². The number of carbonyl (C=O) groups excluding carboxylic acids is 1. The molecule has 14 nitrogen and oxygen atoms in total. The van der Waals surface area contributed by atoms with E-state index in [1.165, 1.54) is 135 Å². The molecular weight excluding hydrogens is 981 g/mol. The molecule has 77 heavy (non-hydrogen) atoms. The largest absolute Gasteiger partial charge is 0.457 e. The third kappa shape index (κ3) is 35.9. The summed E-state index contributed by atoms with van der Waals surface area (Å²) in [5.74, 6) is -0.404. The van der Waals surface area contributed by atoms with E-state index in [-0.39, 0.29) is 19.6 Å². The van der Waals surface area contributed by atoms with Gasteiger partial charge in [0.05, 0.1) is 26.4 Å². The van der Waals surface area contributed by atoms with Crippen molar-refractivity contribution in [2.24, 2.45) is 0 Å². The number of hydrogen-bond acceptors (Lipinski definition) is 14. The van der Waals surface area contributed by atoms with Gasteiger partial charge >= 0.3 is 5.97 Å². The first kappa shape index (κ1) is 70.8. The smallest absolute Gasteiger partial charge is 0.306 e. The van der Waals surface area contributed by atoms with E-state index in [4.69, 9.17) is 28.4 Å². The number of hydrogen-bond donors (Lipinski definition) is 7. The van der Waals surface area contributed by atoms with Crippen molar-refractivity contribution in [3.8, 4) is 0 Å². The van der Waals surface area contributed by atoms with E-state index < -0.39 is 86.7 Å². The fourth-order valence-electron chi connectivity index (χ4n) is 9.61. The molecule has 7 N–H and O–H groups in total. The maximum Gasteiger partial charge on any atom is 0.306 e. The van der Waals surface area contributed by atoms with Crippen LogP contribution in [0.2, 0.25) is 0 Å². The molecule has 2 heterocycles. The summed E-state index contributed by atoms with van der Waals surface area (Å²) in [5, 5.41) is 72.4. The van der Waals surface area contributed by atoms with E-state index in [1.54, 1.807) is 0 Å². The first-order valence-corrected chi connectivity index (χ1v) is 30.9. The summed E-state index contributed by atoms with van der Waals surface area (Å²) >= 11 is 0. The number of aliphatic hydroxyl groups excluding tert-OH is 7. The van der Waals surface area contributed by atoms with E-state index in [2.05, 4.69) is 74.6 Å².